The number of rotatable bonds is 7. The molecule has 3 aliphatic rings. The fourth-order valence-corrected chi connectivity index (χ4v) is 9.26. The third kappa shape index (κ3) is 5.57. The standard InChI is InChI=1S/C49H40F2N4O2/c1-3-48(4-2)41-30-35(51)18-22-38(41)42-37-21-17-34(50)29-40(37)44-39(43(42)48)23-24-49(57-44,33-15-19-36(20-16-33)55-25-27-56-28-26-55)47-53-45(31-11-7-5-8-12-31)52-46(54-47)32-13-9-6-10-14-32/h5-24,29-30H,3-4,25-28H2,1-2H3. The summed E-state index contributed by atoms with van der Waals surface area (Å²) in [4.78, 5) is 17.7. The first-order chi connectivity index (χ1) is 27.9. The zero-order valence-electron chi connectivity index (χ0n) is 31.8. The van der Waals surface area contributed by atoms with Gasteiger partial charge in [-0.05, 0) is 83.0 Å². The highest BCUT2D eigenvalue weighted by Crippen LogP contribution is 2.60. The molecule has 2 aliphatic heterocycles. The summed E-state index contributed by atoms with van der Waals surface area (Å²) in [6, 6.07) is 38.1. The number of ether oxygens (including phenoxy) is 2. The fourth-order valence-electron chi connectivity index (χ4n) is 9.26. The summed E-state index contributed by atoms with van der Waals surface area (Å²) in [7, 11) is 0. The predicted molar refractivity (Wildman–Crippen MR) is 221 cm³/mol. The number of morpholine rings is 1. The molecule has 6 aromatic carbocycles. The van der Waals surface area contributed by atoms with Crippen LogP contribution in [0.5, 0.6) is 5.75 Å². The average Bonchev–Trinajstić information content (AvgIpc) is 3.56. The van der Waals surface area contributed by atoms with Gasteiger partial charge in [-0.1, -0.05) is 105 Å². The van der Waals surface area contributed by atoms with E-state index in [0.717, 1.165) is 81.5 Å². The molecule has 3 heterocycles. The molecule has 0 radical (unpaired) electrons. The number of nitrogens with zero attached hydrogens (tertiary/aromatic N) is 4. The molecular formula is C49H40F2N4O2. The molecule has 7 aromatic rings. The van der Waals surface area contributed by atoms with Crippen LogP contribution in [-0.4, -0.2) is 41.3 Å². The maximum absolute atomic E-state index is 15.6. The van der Waals surface area contributed by atoms with E-state index in [0.29, 0.717) is 41.8 Å². The van der Waals surface area contributed by atoms with E-state index in [4.69, 9.17) is 24.4 Å². The lowest BCUT2D eigenvalue weighted by atomic mass is 9.71. The minimum absolute atomic E-state index is 0.276. The molecule has 1 aromatic heterocycles. The first-order valence-corrected chi connectivity index (χ1v) is 19.7. The van der Waals surface area contributed by atoms with E-state index in [1.54, 1.807) is 12.1 Å². The first kappa shape index (κ1) is 35.2. The van der Waals surface area contributed by atoms with Crippen molar-refractivity contribution in [2.45, 2.75) is 37.7 Å². The van der Waals surface area contributed by atoms with Gasteiger partial charge in [0.25, 0.3) is 0 Å². The number of anilines is 1. The Morgan fingerprint density at radius 2 is 1.32 bits per heavy atom. The molecule has 57 heavy (non-hydrogen) atoms. The molecule has 0 N–H and O–H groups in total. The smallest absolute Gasteiger partial charge is 0.212 e. The van der Waals surface area contributed by atoms with Crippen LogP contribution in [0.25, 0.3) is 50.8 Å². The lowest BCUT2D eigenvalue weighted by molar-refractivity contribution is 0.122. The van der Waals surface area contributed by atoms with Crippen LogP contribution in [0.3, 0.4) is 0 Å². The number of aromatic nitrogens is 3. The van der Waals surface area contributed by atoms with Gasteiger partial charge in [-0.2, -0.15) is 0 Å². The normalized spacial score (nSPS) is 17.9. The highest BCUT2D eigenvalue weighted by molar-refractivity contribution is 6.08. The zero-order valence-corrected chi connectivity index (χ0v) is 31.8. The Hall–Kier alpha value is -6.25. The monoisotopic (exact) mass is 754 g/mol. The highest BCUT2D eigenvalue weighted by atomic mass is 19.1. The minimum atomic E-state index is -1.36. The molecule has 0 bridgehead atoms. The van der Waals surface area contributed by atoms with E-state index in [1.807, 2.05) is 78.9 Å². The average molecular weight is 755 g/mol. The number of benzene rings is 6. The van der Waals surface area contributed by atoms with E-state index >= 15 is 8.78 Å². The van der Waals surface area contributed by atoms with Gasteiger partial charge in [-0.15, -0.1) is 0 Å². The largest absolute Gasteiger partial charge is 0.469 e. The number of hydrogen-bond donors (Lipinski definition) is 0. The van der Waals surface area contributed by atoms with Crippen LogP contribution in [0.4, 0.5) is 14.5 Å². The summed E-state index contributed by atoms with van der Waals surface area (Å²) in [6.45, 7) is 7.26. The molecule has 8 heteroatoms. The zero-order chi connectivity index (χ0) is 38.7. The van der Waals surface area contributed by atoms with Gasteiger partial charge < -0.3 is 14.4 Å². The maximum atomic E-state index is 15.6. The molecular weight excluding hydrogens is 715 g/mol. The summed E-state index contributed by atoms with van der Waals surface area (Å²) in [5, 5.41) is 1.47. The van der Waals surface area contributed by atoms with Crippen molar-refractivity contribution in [3.63, 3.8) is 0 Å². The Bertz CT molecular complexity index is 2630. The molecule has 1 saturated heterocycles. The third-order valence-corrected chi connectivity index (χ3v) is 12.2. The Morgan fingerprint density at radius 1 is 0.684 bits per heavy atom. The van der Waals surface area contributed by atoms with Crippen molar-refractivity contribution < 1.29 is 18.3 Å². The summed E-state index contributed by atoms with van der Waals surface area (Å²) in [5.74, 6) is 1.28. The Balaban J connectivity index is 1.26. The van der Waals surface area contributed by atoms with Gasteiger partial charge in [0.2, 0.25) is 5.60 Å². The molecule has 1 unspecified atom stereocenters. The van der Waals surface area contributed by atoms with Crippen LogP contribution < -0.4 is 9.64 Å². The summed E-state index contributed by atoms with van der Waals surface area (Å²) in [5.41, 5.74) is 6.52. The van der Waals surface area contributed by atoms with Gasteiger partial charge in [-0.25, -0.2) is 23.7 Å². The molecule has 0 spiro atoms. The Kier molecular flexibility index (Phi) is 8.48. The summed E-state index contributed by atoms with van der Waals surface area (Å²) in [6.07, 6.45) is 5.63. The van der Waals surface area contributed by atoms with Crippen molar-refractivity contribution >= 4 is 22.5 Å². The molecule has 1 atom stereocenters. The van der Waals surface area contributed by atoms with Crippen LogP contribution in [-0.2, 0) is 15.8 Å². The fraction of sp³-hybridized carbons (Fsp3) is 0.204. The minimum Gasteiger partial charge on any atom is -0.469 e. The van der Waals surface area contributed by atoms with Gasteiger partial charge in [0.15, 0.2) is 17.5 Å². The highest BCUT2D eigenvalue weighted by Gasteiger charge is 2.48. The van der Waals surface area contributed by atoms with Crippen LogP contribution in [0.15, 0.2) is 127 Å². The van der Waals surface area contributed by atoms with E-state index in [2.05, 4.69) is 49.1 Å². The van der Waals surface area contributed by atoms with Gasteiger partial charge in [0.1, 0.15) is 17.4 Å². The lowest BCUT2D eigenvalue weighted by Crippen LogP contribution is -2.38. The second-order valence-corrected chi connectivity index (χ2v) is 15.0. The van der Waals surface area contributed by atoms with Crippen molar-refractivity contribution in [2.24, 2.45) is 0 Å². The van der Waals surface area contributed by atoms with Crippen LogP contribution in [0.1, 0.15) is 54.8 Å². The van der Waals surface area contributed by atoms with E-state index in [1.165, 1.54) is 12.1 Å². The maximum Gasteiger partial charge on any atom is 0.212 e. The summed E-state index contributed by atoms with van der Waals surface area (Å²) < 4.78 is 43.9. The first-order valence-electron chi connectivity index (χ1n) is 19.7. The molecule has 10 rings (SSSR count). The number of fused-ring (bicyclic) bond motifs is 8. The second kappa shape index (κ2) is 13.7. The van der Waals surface area contributed by atoms with E-state index in [9.17, 15) is 0 Å². The van der Waals surface area contributed by atoms with Crippen LogP contribution in [0.2, 0.25) is 0 Å². The van der Waals surface area contributed by atoms with Crippen LogP contribution >= 0.6 is 0 Å². The van der Waals surface area contributed by atoms with E-state index < -0.39 is 11.0 Å². The number of halogens is 2. The molecule has 1 fully saturated rings. The van der Waals surface area contributed by atoms with Crippen LogP contribution in [0, 0.1) is 11.6 Å². The van der Waals surface area contributed by atoms with Crippen molar-refractivity contribution in [1.29, 1.82) is 0 Å². The van der Waals surface area contributed by atoms with Crippen molar-refractivity contribution in [1.82, 2.24) is 15.0 Å². The van der Waals surface area contributed by atoms with E-state index in [-0.39, 0.29) is 11.6 Å². The molecule has 1 aliphatic carbocycles. The van der Waals surface area contributed by atoms with Crippen molar-refractivity contribution in [2.75, 3.05) is 31.2 Å². The predicted octanol–water partition coefficient (Wildman–Crippen LogP) is 10.9. The van der Waals surface area contributed by atoms with Crippen molar-refractivity contribution in [3.05, 3.63) is 167 Å². The van der Waals surface area contributed by atoms with Gasteiger partial charge in [0.05, 0.1) is 13.2 Å². The van der Waals surface area contributed by atoms with Gasteiger partial charge >= 0.3 is 0 Å². The lowest BCUT2D eigenvalue weighted by Gasteiger charge is -2.38. The number of hydrogen-bond acceptors (Lipinski definition) is 6. The van der Waals surface area contributed by atoms with Gasteiger partial charge in [0, 0.05) is 51.8 Å². The van der Waals surface area contributed by atoms with Gasteiger partial charge in [-0.3, -0.25) is 0 Å². The second-order valence-electron chi connectivity index (χ2n) is 15.0. The Morgan fingerprint density at radius 3 is 1.96 bits per heavy atom. The Labute approximate surface area is 330 Å². The SMILES string of the molecule is CCC1(CC)c2cc(F)ccc2-c2c1c1c(c3cc(F)ccc23)OC(c2ccc(N3CCOCC3)cc2)(c2nc(-c3ccccc3)nc(-c3ccccc3)n2)C=C1. The molecule has 282 valence electrons. The summed E-state index contributed by atoms with van der Waals surface area (Å²) >= 11 is 0. The molecule has 0 amide bonds. The quantitative estimate of drug-likeness (QED) is 0.161. The molecule has 6 nitrogen and oxygen atoms in total. The topological polar surface area (TPSA) is 60.4 Å². The molecule has 0 saturated carbocycles. The van der Waals surface area contributed by atoms with Crippen molar-refractivity contribution in [3.8, 4) is 39.7 Å². The third-order valence-electron chi connectivity index (χ3n) is 12.2.